The number of benzene rings is 4. The van der Waals surface area contributed by atoms with Crippen LogP contribution in [-0.2, 0) is 138 Å². The molecule has 0 aromatic heterocycles. The van der Waals surface area contributed by atoms with Gasteiger partial charge in [0.2, 0.25) is 6.29 Å². The topological polar surface area (TPSA) is 280 Å². The zero-order valence-corrected chi connectivity index (χ0v) is 85.5. The van der Waals surface area contributed by atoms with Crippen molar-refractivity contribution in [2.75, 3.05) is 40.1 Å². The average Bonchev–Trinajstić information content (AvgIpc) is 0.969. The Morgan fingerprint density at radius 2 is 1.13 bits per heavy atom. The Bertz CT molecular complexity index is 4780. The fraction of sp³-hybridized carbons (Fsp3) is 0.741. The molecule has 0 amide bonds. The second kappa shape index (κ2) is 41.1. The molecule has 138 heavy (non-hydrogen) atoms. The van der Waals surface area contributed by atoms with E-state index in [9.17, 15) is 9.59 Å². The highest BCUT2D eigenvalue weighted by Gasteiger charge is 2.74. The van der Waals surface area contributed by atoms with E-state index < -0.39 is 193 Å². The first kappa shape index (κ1) is 103. The summed E-state index contributed by atoms with van der Waals surface area (Å²) in [5, 5.41) is 0. The third kappa shape index (κ3) is 19.2. The van der Waals surface area contributed by atoms with Crippen LogP contribution in [0.2, 0.25) is 0 Å². The van der Waals surface area contributed by atoms with Gasteiger partial charge in [-0.15, -0.1) is 0 Å². The zero-order valence-electron chi connectivity index (χ0n) is 85.5. The molecule has 26 nitrogen and oxygen atoms in total. The van der Waals surface area contributed by atoms with E-state index in [-0.39, 0.29) is 96.7 Å². The number of hydrogen-bond donors (Lipinski definition) is 1. The summed E-state index contributed by atoms with van der Waals surface area (Å²) in [5.74, 6) is -2.30. The van der Waals surface area contributed by atoms with Crippen molar-refractivity contribution in [2.45, 2.75) is 382 Å². The number of esters is 1. The van der Waals surface area contributed by atoms with E-state index in [2.05, 4.69) is 96.1 Å². The van der Waals surface area contributed by atoms with E-state index >= 15 is 4.79 Å². The summed E-state index contributed by atoms with van der Waals surface area (Å²) in [6, 6.07) is 39.2. The molecule has 0 spiro atoms. The number of carbonyl (C=O) groups excluding carboxylic acids is 3. The number of rotatable bonds is 30. The molecule has 18 rings (SSSR count). The Labute approximate surface area is 818 Å². The van der Waals surface area contributed by atoms with Gasteiger partial charge in [-0.3, -0.25) is 9.59 Å². The van der Waals surface area contributed by atoms with Gasteiger partial charge in [0.05, 0.1) is 94.9 Å². The highest BCUT2D eigenvalue weighted by molar-refractivity contribution is 5.81. The Kier molecular flexibility index (Phi) is 30.5. The lowest BCUT2D eigenvalue weighted by molar-refractivity contribution is -0.374. The number of aldehydes is 1. The molecule has 2 N–H and O–H groups in total. The standard InChI is InChI=1S/C112H159NO25/c1-22-79-65(5)64(4)67(7)98(125-79)133-93-89(130-96-66(6)63(3)62(2)53-121-96)69(9)87(71(11)115)128-101(93)127-84-46-47-107(17)82(108(84,18)59-114)45-48-109(19)83(107)44-43-77-78-51-105(13,14)49-50-112(78,85(117-21)52-110(77,109)20)104(116)135-100-90(68(8)86(113)80(126-100)57-118-54-73-35-27-23-28-36-73)131-102-94-92(136-106(15,16)137-94)91(72(12)124-102)132-97-70(10)88(81(58-122-97)120-56-75-39-31-25-32-40-75)129-103-95-111(61-123-103,60-119-55-74-37-29-24-30-38-74)138-99(134-95)76-41-33-26-34-42-76/h23-43,59,62-70,72,78-103H,22,44-58,60-61,113H2,1-21H3/t62-,63+,64+,65-,66?,67?,68?,69-,70?,72?,78?,79?,80-,81-,82-,83?,84+,85-,86-,87?,88?,89+,90?,91+,92?,93?,94?,95?,96+,97+,98+,99+,100+,101-,102+,103+,107?,108?,109-,110?,111+,112-/m1/s1. The van der Waals surface area contributed by atoms with Gasteiger partial charge in [0.25, 0.3) is 0 Å². The lowest BCUT2D eigenvalue weighted by Crippen LogP contribution is -2.69. The molecule has 26 heteroatoms. The predicted molar refractivity (Wildman–Crippen MR) is 511 cm³/mol. The van der Waals surface area contributed by atoms with Gasteiger partial charge in [-0.05, 0) is 172 Å². The normalized spacial score (nSPS) is 46.3. The summed E-state index contributed by atoms with van der Waals surface area (Å²) >= 11 is 0. The first-order valence-corrected chi connectivity index (χ1v) is 52.1. The smallest absolute Gasteiger partial charge is 0.317 e. The van der Waals surface area contributed by atoms with E-state index in [0.717, 1.165) is 60.8 Å². The molecule has 4 aromatic rings. The van der Waals surface area contributed by atoms with Crippen molar-refractivity contribution in [1.29, 1.82) is 0 Å². The monoisotopic (exact) mass is 1920 g/mol. The van der Waals surface area contributed by atoms with Crippen molar-refractivity contribution in [3.63, 3.8) is 0 Å². The summed E-state index contributed by atoms with van der Waals surface area (Å²) in [7, 11) is 1.76. The lowest BCUT2D eigenvalue weighted by Gasteiger charge is -2.71. The molecule has 762 valence electrons. The van der Waals surface area contributed by atoms with Crippen molar-refractivity contribution < 1.29 is 119 Å². The van der Waals surface area contributed by atoms with E-state index in [1.165, 1.54) is 11.9 Å². The molecule has 14 aliphatic rings. The first-order valence-electron chi connectivity index (χ1n) is 52.1. The number of carbonyl (C=O) groups is 3. The van der Waals surface area contributed by atoms with Crippen molar-refractivity contribution in [1.82, 2.24) is 0 Å². The van der Waals surface area contributed by atoms with Crippen LogP contribution in [0.3, 0.4) is 0 Å². The number of fused-ring (bicyclic) bond motifs is 9. The minimum atomic E-state index is -1.34. The molecule has 42 atom stereocenters. The Balaban J connectivity index is 0.609. The fourth-order valence-corrected chi connectivity index (χ4v) is 27.8. The SMILES string of the molecule is CCC1O[C@@H](OC2[C@H](O[C@H]3CCC4(C)C5CC=C6C7CC(C)(C)CC[C@]7(C(=O)O[C@@H]7O[C@H](COCc8ccccc8)[C@H](N)C(C)C7O[C@@H]7OC(C)[C@H](O[C@@H]8OC[C@@H](OCc9ccccc9)C(O[C@@H]9OC[C@]%10(COCc%11ccccc%11)O[C@@H](c%11ccccc%11)OC9%10)C8C)C8OC(C)(C)OC87)[C@H](OC)CC6(C)[C@]5(C)CC[C@H]4C3(C)C=O)OC(C(C)=O)[C@@H](C)[C@@H]2O[C@@H]2OC[C@@H](C)[C@H](C)C2C)C(C)[C@@H](C)[C@H]1C. The third-order valence-electron chi connectivity index (χ3n) is 37.1. The molecule has 13 fully saturated rings. The second-order valence-electron chi connectivity index (χ2n) is 46.4. The zero-order chi connectivity index (χ0) is 97.7. The maximum Gasteiger partial charge on any atom is 0.317 e. The van der Waals surface area contributed by atoms with Crippen molar-refractivity contribution >= 4 is 18.0 Å². The van der Waals surface area contributed by atoms with E-state index in [1.54, 1.807) is 14.0 Å². The van der Waals surface area contributed by atoms with Crippen molar-refractivity contribution in [3.05, 3.63) is 155 Å². The molecule has 9 heterocycles. The second-order valence-corrected chi connectivity index (χ2v) is 46.4. The average molecular weight is 1920 g/mol. The molecule has 18 unspecified atom stereocenters. The van der Waals surface area contributed by atoms with Crippen LogP contribution in [0.15, 0.2) is 133 Å². The van der Waals surface area contributed by atoms with Crippen molar-refractivity contribution in [2.24, 2.45) is 109 Å². The fourth-order valence-electron chi connectivity index (χ4n) is 27.8. The summed E-state index contributed by atoms with van der Waals surface area (Å²) < 4.78 is 155. The summed E-state index contributed by atoms with van der Waals surface area (Å²) in [4.78, 5) is 46.0. The maximum atomic E-state index is 17.1. The van der Waals surface area contributed by atoms with Crippen LogP contribution in [-0.4, -0.2) is 211 Å². The van der Waals surface area contributed by atoms with Gasteiger partial charge in [-0.25, -0.2) is 0 Å². The summed E-state index contributed by atoms with van der Waals surface area (Å²) in [6.07, 6.45) is -7.53. The molecule has 0 bridgehead atoms. The lowest BCUT2D eigenvalue weighted by atomic mass is 9.33. The van der Waals surface area contributed by atoms with Gasteiger partial charge < -0.3 is 115 Å². The van der Waals surface area contributed by atoms with Gasteiger partial charge in [0.1, 0.15) is 72.2 Å². The number of allylic oxidation sites excluding steroid dienone is 2. The van der Waals surface area contributed by atoms with Gasteiger partial charge >= 0.3 is 5.97 Å². The molecule has 9 aliphatic heterocycles. The molecule has 5 aliphatic carbocycles. The third-order valence-corrected chi connectivity index (χ3v) is 37.1. The van der Waals surface area contributed by atoms with Crippen LogP contribution in [0.4, 0.5) is 0 Å². The van der Waals surface area contributed by atoms with E-state index in [4.69, 9.17) is 110 Å². The van der Waals surface area contributed by atoms with Gasteiger partial charge in [0, 0.05) is 48.3 Å². The predicted octanol–water partition coefficient (Wildman–Crippen LogP) is 17.9. The van der Waals surface area contributed by atoms with Crippen LogP contribution in [0.1, 0.15) is 231 Å². The summed E-state index contributed by atoms with van der Waals surface area (Å²) in [6.45, 7) is 45.0. The Morgan fingerprint density at radius 1 is 0.514 bits per heavy atom. The molecule has 9 saturated heterocycles. The Hall–Kier alpha value is -5.45. The van der Waals surface area contributed by atoms with E-state index in [0.29, 0.717) is 63.3 Å². The van der Waals surface area contributed by atoms with Crippen LogP contribution < -0.4 is 5.73 Å². The van der Waals surface area contributed by atoms with Gasteiger partial charge in [-0.1, -0.05) is 244 Å². The number of hydrogen-bond acceptors (Lipinski definition) is 26. The minimum absolute atomic E-state index is 0.00187. The van der Waals surface area contributed by atoms with Crippen molar-refractivity contribution in [3.8, 4) is 0 Å². The van der Waals surface area contributed by atoms with Crippen LogP contribution in [0.5, 0.6) is 0 Å². The van der Waals surface area contributed by atoms with Gasteiger partial charge in [0.15, 0.2) is 55.6 Å². The largest absolute Gasteiger partial charge is 0.432 e. The van der Waals surface area contributed by atoms with E-state index in [1.807, 2.05) is 163 Å². The number of ether oxygens (including phenoxy) is 22. The first-order chi connectivity index (χ1) is 65.9. The highest BCUT2D eigenvalue weighted by Crippen LogP contribution is 2.77. The number of methoxy groups -OCH3 is 1. The molecular weight excluding hydrogens is 1760 g/mol. The summed E-state index contributed by atoms with van der Waals surface area (Å²) in [5.41, 5.74) is 7.95. The number of Topliss-reactive ketones (excluding diaryl/α,β-unsaturated/α-hetero) is 1. The van der Waals surface area contributed by atoms with Gasteiger partial charge in [-0.2, -0.15) is 0 Å². The Morgan fingerprint density at radius 3 is 1.80 bits per heavy atom. The minimum Gasteiger partial charge on any atom is -0.432 e. The van der Waals surface area contributed by atoms with Crippen LogP contribution in [0.25, 0.3) is 0 Å². The van der Waals surface area contributed by atoms with Crippen LogP contribution >= 0.6 is 0 Å². The molecule has 0 radical (unpaired) electrons. The highest BCUT2D eigenvalue weighted by atomic mass is 16.8. The number of nitrogens with two attached hydrogens (primary N) is 1. The van der Waals surface area contributed by atoms with Crippen LogP contribution in [0, 0.1) is 104 Å². The maximum absolute atomic E-state index is 17.1. The molecule has 4 aromatic carbocycles. The molecular formula is C112H159NO25. The molecule has 4 saturated carbocycles. The quantitative estimate of drug-likeness (QED) is 0.0220. The number of ketones is 1.